The van der Waals surface area contributed by atoms with E-state index in [0.29, 0.717) is 12.4 Å². The summed E-state index contributed by atoms with van der Waals surface area (Å²) in [5.41, 5.74) is 7.19. The summed E-state index contributed by atoms with van der Waals surface area (Å²) in [6.07, 6.45) is 0. The lowest BCUT2D eigenvalue weighted by Gasteiger charge is -2.27. The predicted molar refractivity (Wildman–Crippen MR) is 105 cm³/mol. The van der Waals surface area contributed by atoms with E-state index in [-0.39, 0.29) is 23.6 Å². The number of rotatable bonds is 5. The van der Waals surface area contributed by atoms with Gasteiger partial charge in [0.05, 0.1) is 24.7 Å². The zero-order valence-corrected chi connectivity index (χ0v) is 16.1. The number of carbonyl (C=O) groups is 1. The highest BCUT2D eigenvalue weighted by molar-refractivity contribution is 5.93. The maximum absolute atomic E-state index is 12.6. The molecule has 0 aromatic heterocycles. The van der Waals surface area contributed by atoms with E-state index in [1.165, 1.54) is 0 Å². The minimum absolute atomic E-state index is 0.00448. The Bertz CT molecular complexity index is 1030. The van der Waals surface area contributed by atoms with Crippen LogP contribution in [0, 0.1) is 11.3 Å². The molecule has 144 valence electrons. The fraction of sp³-hybridized carbons (Fsp3) is 0.273. The van der Waals surface area contributed by atoms with Gasteiger partial charge in [-0.15, -0.1) is 0 Å². The highest BCUT2D eigenvalue weighted by Crippen LogP contribution is 2.40. The van der Waals surface area contributed by atoms with Crippen LogP contribution in [0.3, 0.4) is 0 Å². The fourth-order valence-corrected chi connectivity index (χ4v) is 3.37. The standard InChI is InChI=1S/C22H22N2O4/c1-4-26-17-9-8-14-10-16(7-6-15(14)11-17)20-18(12-23)21(24)28-13(3)19(20)22(25)27-5-2/h6-11,20H,4-5,24H2,1-3H3. The van der Waals surface area contributed by atoms with Gasteiger partial charge in [-0.05, 0) is 49.2 Å². The van der Waals surface area contributed by atoms with Gasteiger partial charge in [0.2, 0.25) is 5.88 Å². The minimum Gasteiger partial charge on any atom is -0.494 e. The van der Waals surface area contributed by atoms with Crippen molar-refractivity contribution in [3.05, 3.63) is 64.8 Å². The molecule has 2 aromatic rings. The maximum Gasteiger partial charge on any atom is 0.338 e. The van der Waals surface area contributed by atoms with E-state index in [0.717, 1.165) is 22.1 Å². The largest absolute Gasteiger partial charge is 0.494 e. The van der Waals surface area contributed by atoms with Gasteiger partial charge >= 0.3 is 5.97 Å². The molecule has 0 amide bonds. The summed E-state index contributed by atoms with van der Waals surface area (Å²) in [6, 6.07) is 13.6. The van der Waals surface area contributed by atoms with Crippen LogP contribution in [0.15, 0.2) is 59.2 Å². The smallest absolute Gasteiger partial charge is 0.338 e. The van der Waals surface area contributed by atoms with Gasteiger partial charge in [-0.25, -0.2) is 4.79 Å². The van der Waals surface area contributed by atoms with Gasteiger partial charge in [0.25, 0.3) is 0 Å². The number of nitriles is 1. The topological polar surface area (TPSA) is 94.6 Å². The number of nitrogens with two attached hydrogens (primary N) is 1. The summed E-state index contributed by atoms with van der Waals surface area (Å²) in [7, 11) is 0. The van der Waals surface area contributed by atoms with Crippen molar-refractivity contribution in [2.75, 3.05) is 13.2 Å². The minimum atomic E-state index is -0.645. The number of nitrogens with zero attached hydrogens (tertiary/aromatic N) is 1. The Morgan fingerprint density at radius 1 is 1.18 bits per heavy atom. The van der Waals surface area contributed by atoms with Crippen molar-refractivity contribution in [3.63, 3.8) is 0 Å². The summed E-state index contributed by atoms with van der Waals surface area (Å²) >= 11 is 0. The molecule has 28 heavy (non-hydrogen) atoms. The van der Waals surface area contributed by atoms with Crippen molar-refractivity contribution in [2.45, 2.75) is 26.7 Å². The lowest BCUT2D eigenvalue weighted by atomic mass is 9.82. The molecule has 0 saturated carbocycles. The van der Waals surface area contributed by atoms with Crippen LogP contribution in [-0.2, 0) is 14.3 Å². The second-order valence-electron chi connectivity index (χ2n) is 6.32. The number of fused-ring (bicyclic) bond motifs is 1. The van der Waals surface area contributed by atoms with Gasteiger partial charge in [0.15, 0.2) is 0 Å². The third kappa shape index (κ3) is 3.52. The summed E-state index contributed by atoms with van der Waals surface area (Å²) < 4.78 is 16.2. The van der Waals surface area contributed by atoms with Crippen molar-refractivity contribution >= 4 is 16.7 Å². The van der Waals surface area contributed by atoms with Crippen molar-refractivity contribution < 1.29 is 19.0 Å². The Kier molecular flexibility index (Phi) is 5.55. The zero-order valence-electron chi connectivity index (χ0n) is 16.1. The van der Waals surface area contributed by atoms with E-state index in [1.54, 1.807) is 13.8 Å². The lowest BCUT2D eigenvalue weighted by Crippen LogP contribution is -2.25. The average molecular weight is 378 g/mol. The Hall–Kier alpha value is -3.46. The Balaban J connectivity index is 2.13. The van der Waals surface area contributed by atoms with Gasteiger partial charge in [0, 0.05) is 0 Å². The molecule has 0 radical (unpaired) electrons. The van der Waals surface area contributed by atoms with Crippen molar-refractivity contribution in [2.24, 2.45) is 5.73 Å². The van der Waals surface area contributed by atoms with E-state index in [9.17, 15) is 10.1 Å². The highest BCUT2D eigenvalue weighted by Gasteiger charge is 2.36. The van der Waals surface area contributed by atoms with Crippen LogP contribution in [0.25, 0.3) is 10.8 Å². The molecule has 6 nitrogen and oxygen atoms in total. The molecule has 2 aromatic carbocycles. The van der Waals surface area contributed by atoms with Crippen LogP contribution >= 0.6 is 0 Å². The summed E-state index contributed by atoms with van der Waals surface area (Å²) in [5, 5.41) is 11.6. The zero-order chi connectivity index (χ0) is 20.3. The number of carbonyl (C=O) groups excluding carboxylic acids is 1. The van der Waals surface area contributed by atoms with Crippen LogP contribution in [0.4, 0.5) is 0 Å². The van der Waals surface area contributed by atoms with E-state index in [4.69, 9.17) is 19.9 Å². The lowest BCUT2D eigenvalue weighted by molar-refractivity contribution is -0.139. The van der Waals surface area contributed by atoms with Crippen molar-refractivity contribution in [3.8, 4) is 11.8 Å². The van der Waals surface area contributed by atoms with Crippen LogP contribution < -0.4 is 10.5 Å². The van der Waals surface area contributed by atoms with Crippen molar-refractivity contribution in [1.82, 2.24) is 0 Å². The first-order valence-corrected chi connectivity index (χ1v) is 9.12. The van der Waals surface area contributed by atoms with Gasteiger partial charge in [-0.2, -0.15) is 5.26 Å². The monoisotopic (exact) mass is 378 g/mol. The SMILES string of the molecule is CCOC(=O)C1=C(C)OC(N)=C(C#N)C1c1ccc2cc(OCC)ccc2c1. The van der Waals surface area contributed by atoms with Gasteiger partial charge in [-0.1, -0.05) is 24.3 Å². The molecular formula is C22H22N2O4. The van der Waals surface area contributed by atoms with Gasteiger partial charge in [0.1, 0.15) is 23.2 Å². The second-order valence-corrected chi connectivity index (χ2v) is 6.32. The van der Waals surface area contributed by atoms with Gasteiger partial charge in [-0.3, -0.25) is 0 Å². The molecule has 3 rings (SSSR count). The van der Waals surface area contributed by atoms with Crippen LogP contribution in [0.1, 0.15) is 32.3 Å². The Morgan fingerprint density at radius 3 is 2.57 bits per heavy atom. The molecule has 0 bridgehead atoms. The maximum atomic E-state index is 12.6. The fourth-order valence-electron chi connectivity index (χ4n) is 3.37. The number of hydrogen-bond donors (Lipinski definition) is 1. The first-order chi connectivity index (χ1) is 13.5. The summed E-state index contributed by atoms with van der Waals surface area (Å²) in [4.78, 5) is 12.6. The van der Waals surface area contributed by atoms with E-state index in [2.05, 4.69) is 6.07 Å². The average Bonchev–Trinajstić information content (AvgIpc) is 2.67. The van der Waals surface area contributed by atoms with Crippen LogP contribution in [-0.4, -0.2) is 19.2 Å². The van der Waals surface area contributed by atoms with Crippen LogP contribution in [0.5, 0.6) is 5.75 Å². The van der Waals surface area contributed by atoms with E-state index >= 15 is 0 Å². The Morgan fingerprint density at radius 2 is 1.89 bits per heavy atom. The molecule has 1 aliphatic heterocycles. The molecular weight excluding hydrogens is 356 g/mol. The summed E-state index contributed by atoms with van der Waals surface area (Å²) in [6.45, 7) is 6.13. The molecule has 0 spiro atoms. The third-order valence-electron chi connectivity index (χ3n) is 4.58. The number of esters is 1. The predicted octanol–water partition coefficient (Wildman–Crippen LogP) is 3.88. The third-order valence-corrected chi connectivity index (χ3v) is 4.58. The molecule has 6 heteroatoms. The quantitative estimate of drug-likeness (QED) is 0.794. The molecule has 1 aliphatic rings. The van der Waals surface area contributed by atoms with Gasteiger partial charge < -0.3 is 19.9 Å². The Labute approximate surface area is 163 Å². The number of allylic oxidation sites excluding steroid dienone is 2. The molecule has 1 heterocycles. The molecule has 0 fully saturated rings. The van der Waals surface area contributed by atoms with E-state index in [1.807, 2.05) is 43.3 Å². The first kappa shape index (κ1) is 19.3. The molecule has 2 N–H and O–H groups in total. The first-order valence-electron chi connectivity index (χ1n) is 9.12. The molecule has 1 unspecified atom stereocenters. The molecule has 1 atom stereocenters. The van der Waals surface area contributed by atoms with E-state index < -0.39 is 11.9 Å². The summed E-state index contributed by atoms with van der Waals surface area (Å²) in [5.74, 6) is -0.0268. The number of ether oxygens (including phenoxy) is 3. The van der Waals surface area contributed by atoms with Crippen molar-refractivity contribution in [1.29, 1.82) is 5.26 Å². The second kappa shape index (κ2) is 8.05. The molecule has 0 aliphatic carbocycles. The number of benzene rings is 2. The van der Waals surface area contributed by atoms with Crippen LogP contribution in [0.2, 0.25) is 0 Å². The number of hydrogen-bond acceptors (Lipinski definition) is 6. The highest BCUT2D eigenvalue weighted by atomic mass is 16.5. The molecule has 0 saturated heterocycles. The normalized spacial score (nSPS) is 16.6.